The number of nitrogens with zero attached hydrogens (tertiary/aromatic N) is 1. The fourth-order valence-corrected chi connectivity index (χ4v) is 3.40. The number of aromatic nitrogens is 2. The molecule has 1 N–H and O–H groups in total. The number of halogens is 3. The van der Waals surface area contributed by atoms with Crippen molar-refractivity contribution < 1.29 is 8.78 Å². The largest absolute Gasteiger partial charge is 0.252 e. The lowest BCUT2D eigenvalue weighted by Gasteiger charge is -2.29. The lowest BCUT2D eigenvalue weighted by molar-refractivity contribution is 0.401. The van der Waals surface area contributed by atoms with Crippen LogP contribution in [0.5, 0.6) is 0 Å². The van der Waals surface area contributed by atoms with E-state index >= 15 is 0 Å². The summed E-state index contributed by atoms with van der Waals surface area (Å²) in [5, 5.41) is 7.11. The maximum absolute atomic E-state index is 13.7. The maximum atomic E-state index is 13.7. The first kappa shape index (κ1) is 15.3. The first-order valence-electron chi connectivity index (χ1n) is 7.92. The predicted molar refractivity (Wildman–Crippen MR) is 92.7 cm³/mol. The van der Waals surface area contributed by atoms with Crippen molar-refractivity contribution in [2.45, 2.75) is 19.3 Å². The molecule has 4 rings (SSSR count). The number of aromatic amines is 1. The van der Waals surface area contributed by atoms with Crippen LogP contribution in [-0.4, -0.2) is 10.2 Å². The number of allylic oxidation sites excluding steroid dienone is 1. The molecule has 1 saturated carbocycles. The van der Waals surface area contributed by atoms with Crippen molar-refractivity contribution in [1.29, 1.82) is 0 Å². The molecule has 0 unspecified atom stereocenters. The quantitative estimate of drug-likeness (QED) is 0.594. The summed E-state index contributed by atoms with van der Waals surface area (Å²) in [6.07, 6.45) is 5.37. The van der Waals surface area contributed by atoms with Gasteiger partial charge in [0.25, 0.3) is 0 Å². The number of benzene rings is 2. The smallest absolute Gasteiger partial charge is 0.216 e. The van der Waals surface area contributed by atoms with E-state index < -0.39 is 5.95 Å². The van der Waals surface area contributed by atoms with Crippen molar-refractivity contribution in [2.75, 3.05) is 0 Å². The fraction of sp³-hybridized carbons (Fsp3) is 0.211. The highest BCUT2D eigenvalue weighted by atomic mass is 35.5. The number of fused-ring (bicyclic) bond motifs is 1. The van der Waals surface area contributed by atoms with Gasteiger partial charge in [-0.1, -0.05) is 36.2 Å². The summed E-state index contributed by atoms with van der Waals surface area (Å²) in [4.78, 5) is 0. The summed E-state index contributed by atoms with van der Waals surface area (Å²) in [7, 11) is 0. The topological polar surface area (TPSA) is 28.7 Å². The van der Waals surface area contributed by atoms with Gasteiger partial charge in [-0.3, -0.25) is 5.10 Å². The van der Waals surface area contributed by atoms with E-state index in [-0.39, 0.29) is 5.82 Å². The zero-order valence-corrected chi connectivity index (χ0v) is 13.6. The van der Waals surface area contributed by atoms with E-state index in [0.29, 0.717) is 21.8 Å². The second-order valence-corrected chi connectivity index (χ2v) is 6.57. The van der Waals surface area contributed by atoms with Gasteiger partial charge in [0.2, 0.25) is 5.95 Å². The molecule has 5 heteroatoms. The van der Waals surface area contributed by atoms with Crippen LogP contribution in [0.15, 0.2) is 36.4 Å². The van der Waals surface area contributed by atoms with E-state index in [1.54, 1.807) is 18.2 Å². The van der Waals surface area contributed by atoms with Crippen molar-refractivity contribution in [3.63, 3.8) is 0 Å². The molecule has 1 fully saturated rings. The van der Waals surface area contributed by atoms with Crippen LogP contribution in [0.25, 0.3) is 22.6 Å². The van der Waals surface area contributed by atoms with E-state index in [1.165, 1.54) is 18.6 Å². The van der Waals surface area contributed by atoms with E-state index in [0.717, 1.165) is 29.5 Å². The molecule has 0 atom stereocenters. The first-order valence-corrected chi connectivity index (χ1v) is 8.30. The van der Waals surface area contributed by atoms with Crippen LogP contribution in [0, 0.1) is 17.7 Å². The lowest BCUT2D eigenvalue weighted by Crippen LogP contribution is -2.13. The van der Waals surface area contributed by atoms with Crippen LogP contribution in [0.2, 0.25) is 5.02 Å². The fourth-order valence-electron chi connectivity index (χ4n) is 3.12. The van der Waals surface area contributed by atoms with Crippen molar-refractivity contribution in [2.24, 2.45) is 5.92 Å². The molecule has 2 aromatic carbocycles. The minimum Gasteiger partial charge on any atom is -0.252 e. The molecule has 0 radical (unpaired) electrons. The van der Waals surface area contributed by atoms with Gasteiger partial charge in [-0.25, -0.2) is 4.39 Å². The van der Waals surface area contributed by atoms with Gasteiger partial charge in [0.1, 0.15) is 5.82 Å². The molecule has 3 aromatic rings. The highest BCUT2D eigenvalue weighted by Crippen LogP contribution is 2.42. The number of nitrogens with one attached hydrogen (secondary N) is 1. The van der Waals surface area contributed by atoms with Gasteiger partial charge < -0.3 is 0 Å². The predicted octanol–water partition coefficient (Wildman–Crippen LogP) is 5.84. The SMILES string of the molecule is Fc1ccc(/C(=C\c2ccc3n[nH]c(F)c3c2)C2CCC2)c(Cl)c1. The van der Waals surface area contributed by atoms with Crippen LogP contribution in [0.1, 0.15) is 30.4 Å². The van der Waals surface area contributed by atoms with Crippen LogP contribution in [0.3, 0.4) is 0 Å². The monoisotopic (exact) mass is 344 g/mol. The Morgan fingerprint density at radius 1 is 1.17 bits per heavy atom. The van der Waals surface area contributed by atoms with Gasteiger partial charge in [-0.15, -0.1) is 0 Å². The number of hydrogen-bond donors (Lipinski definition) is 1. The molecule has 1 aromatic heterocycles. The minimum atomic E-state index is -0.440. The van der Waals surface area contributed by atoms with Crippen molar-refractivity contribution >= 4 is 34.2 Å². The third kappa shape index (κ3) is 2.71. The summed E-state index contributed by atoms with van der Waals surface area (Å²) in [6, 6.07) is 9.93. The summed E-state index contributed by atoms with van der Waals surface area (Å²) in [5.41, 5.74) is 3.39. The molecular formula is C19H15ClF2N2. The normalized spacial score (nSPS) is 15.7. The molecule has 1 aliphatic carbocycles. The molecule has 24 heavy (non-hydrogen) atoms. The molecule has 2 nitrogen and oxygen atoms in total. The Bertz CT molecular complexity index is 942. The van der Waals surface area contributed by atoms with Crippen LogP contribution >= 0.6 is 11.6 Å². The highest BCUT2D eigenvalue weighted by Gasteiger charge is 2.24. The molecule has 0 amide bonds. The summed E-state index contributed by atoms with van der Waals surface area (Å²) < 4.78 is 27.1. The Hall–Kier alpha value is -2.20. The number of H-pyrrole nitrogens is 1. The van der Waals surface area contributed by atoms with Gasteiger partial charge >= 0.3 is 0 Å². The summed E-state index contributed by atoms with van der Waals surface area (Å²) >= 11 is 6.26. The molecule has 0 aliphatic heterocycles. The van der Waals surface area contributed by atoms with Crippen molar-refractivity contribution in [3.8, 4) is 0 Å². The van der Waals surface area contributed by atoms with Gasteiger partial charge in [0.05, 0.1) is 15.9 Å². The van der Waals surface area contributed by atoms with E-state index in [9.17, 15) is 8.78 Å². The Morgan fingerprint density at radius 2 is 2.00 bits per heavy atom. The second kappa shape index (κ2) is 6.02. The summed E-state index contributed by atoms with van der Waals surface area (Å²) in [5.74, 6) is -0.387. The van der Waals surface area contributed by atoms with Gasteiger partial charge in [-0.05, 0) is 59.7 Å². The van der Waals surface area contributed by atoms with Gasteiger partial charge in [0, 0.05) is 0 Å². The Labute approximate surface area is 143 Å². The third-order valence-corrected chi connectivity index (χ3v) is 4.95. The minimum absolute atomic E-state index is 0.349. The average Bonchev–Trinajstić information content (AvgIpc) is 2.86. The summed E-state index contributed by atoms with van der Waals surface area (Å²) in [6.45, 7) is 0. The average molecular weight is 345 g/mol. The van der Waals surface area contributed by atoms with E-state index in [4.69, 9.17) is 11.6 Å². The molecule has 122 valence electrons. The van der Waals surface area contributed by atoms with Crippen LogP contribution in [0.4, 0.5) is 8.78 Å². The van der Waals surface area contributed by atoms with E-state index in [2.05, 4.69) is 10.2 Å². The first-order chi connectivity index (χ1) is 11.6. The molecule has 1 heterocycles. The number of rotatable bonds is 3. The lowest BCUT2D eigenvalue weighted by atomic mass is 9.76. The Kier molecular flexibility index (Phi) is 3.85. The van der Waals surface area contributed by atoms with E-state index in [1.807, 2.05) is 12.1 Å². The van der Waals surface area contributed by atoms with Gasteiger partial charge in [-0.2, -0.15) is 9.49 Å². The highest BCUT2D eigenvalue weighted by molar-refractivity contribution is 6.32. The van der Waals surface area contributed by atoms with Crippen LogP contribution in [-0.2, 0) is 0 Å². The molecule has 1 aliphatic rings. The molecule has 0 spiro atoms. The maximum Gasteiger partial charge on any atom is 0.216 e. The van der Waals surface area contributed by atoms with Gasteiger partial charge in [0.15, 0.2) is 0 Å². The Morgan fingerprint density at radius 3 is 2.71 bits per heavy atom. The zero-order valence-electron chi connectivity index (χ0n) is 12.8. The molecule has 0 saturated heterocycles. The Balaban J connectivity index is 1.82. The number of hydrogen-bond acceptors (Lipinski definition) is 1. The zero-order chi connectivity index (χ0) is 16.7. The standard InChI is InChI=1S/C19H15ClF2N2/c20-17-10-13(21)5-6-14(17)15(12-2-1-3-12)8-11-4-7-18-16(9-11)19(22)24-23-18/h4-10,12H,1-3H2,(H,23,24)/b15-8-. The third-order valence-electron chi connectivity index (χ3n) is 4.64. The molecular weight excluding hydrogens is 330 g/mol. The van der Waals surface area contributed by atoms with Crippen molar-refractivity contribution in [3.05, 3.63) is 64.3 Å². The second-order valence-electron chi connectivity index (χ2n) is 6.17. The molecule has 0 bridgehead atoms. The van der Waals surface area contributed by atoms with Crippen LogP contribution < -0.4 is 0 Å². The van der Waals surface area contributed by atoms with Crippen molar-refractivity contribution in [1.82, 2.24) is 10.2 Å².